The predicted octanol–water partition coefficient (Wildman–Crippen LogP) is 3.08. The molecule has 2 heterocycles. The van der Waals surface area contributed by atoms with E-state index in [0.29, 0.717) is 44.3 Å². The number of unbranched alkanes of at least 4 members (excludes halogenated alkanes) is 1. The molecule has 8 nitrogen and oxygen atoms in total. The van der Waals surface area contributed by atoms with Gasteiger partial charge in [0.15, 0.2) is 0 Å². The molecule has 3 aromatic rings. The summed E-state index contributed by atoms with van der Waals surface area (Å²) in [5.41, 5.74) is 0.135. The second-order valence-corrected chi connectivity index (χ2v) is 7.77. The molecule has 0 aliphatic carbocycles. The minimum atomic E-state index is -0.558. The number of benzene rings is 1. The number of nitrogens with zero attached hydrogens (tertiary/aromatic N) is 1. The van der Waals surface area contributed by atoms with Crippen molar-refractivity contribution in [3.63, 3.8) is 0 Å². The van der Waals surface area contributed by atoms with Gasteiger partial charge in [0.25, 0.3) is 5.56 Å². The summed E-state index contributed by atoms with van der Waals surface area (Å²) in [6.45, 7) is 4.03. The molecule has 3 rings (SSSR count). The molecule has 0 radical (unpaired) electrons. The number of aromatic nitrogens is 2. The number of fused-ring (bicyclic) bond motifs is 1. The molecule has 0 amide bonds. The number of hydrogen-bond acceptors (Lipinski definition) is 7. The minimum absolute atomic E-state index is 0.0167. The van der Waals surface area contributed by atoms with E-state index in [1.54, 1.807) is 32.2 Å². The first-order valence-corrected chi connectivity index (χ1v) is 10.4. The van der Waals surface area contributed by atoms with Gasteiger partial charge in [-0.25, -0.2) is 9.59 Å². The van der Waals surface area contributed by atoms with Crippen LogP contribution in [-0.2, 0) is 11.3 Å². The molecular formula is C21H24N2O6S. The molecule has 0 spiro atoms. The highest BCUT2D eigenvalue weighted by Gasteiger charge is 2.21. The summed E-state index contributed by atoms with van der Waals surface area (Å²) in [4.78, 5) is 41.5. The number of rotatable bonds is 8. The van der Waals surface area contributed by atoms with Crippen LogP contribution in [0.25, 0.3) is 10.2 Å². The molecule has 0 saturated carbocycles. The lowest BCUT2D eigenvalue weighted by molar-refractivity contribution is 0.0505. The number of thiophene rings is 1. The lowest BCUT2D eigenvalue weighted by Crippen LogP contribution is -2.35. The fourth-order valence-electron chi connectivity index (χ4n) is 3.12. The first kappa shape index (κ1) is 21.6. The van der Waals surface area contributed by atoms with Gasteiger partial charge in [0, 0.05) is 11.6 Å². The average Bonchev–Trinajstić information content (AvgIpc) is 3.07. The molecule has 0 fully saturated rings. The van der Waals surface area contributed by atoms with Crippen molar-refractivity contribution in [3.8, 4) is 11.5 Å². The Labute approximate surface area is 177 Å². The van der Waals surface area contributed by atoms with Crippen LogP contribution in [0.1, 0.15) is 40.6 Å². The van der Waals surface area contributed by atoms with Crippen LogP contribution in [0.5, 0.6) is 11.5 Å². The fourth-order valence-corrected chi connectivity index (χ4v) is 4.20. The van der Waals surface area contributed by atoms with Crippen molar-refractivity contribution in [1.29, 1.82) is 0 Å². The van der Waals surface area contributed by atoms with Crippen molar-refractivity contribution in [3.05, 3.63) is 55.0 Å². The third kappa shape index (κ3) is 4.11. The molecule has 0 unspecified atom stereocenters. The largest absolute Gasteiger partial charge is 0.497 e. The number of H-pyrrole nitrogens is 1. The van der Waals surface area contributed by atoms with E-state index < -0.39 is 17.2 Å². The zero-order valence-electron chi connectivity index (χ0n) is 17.4. The Bertz CT molecular complexity index is 1190. The third-order valence-corrected chi connectivity index (χ3v) is 6.00. The van der Waals surface area contributed by atoms with Crippen LogP contribution in [0.4, 0.5) is 0 Å². The van der Waals surface area contributed by atoms with E-state index in [0.717, 1.165) is 28.7 Å². The summed E-state index contributed by atoms with van der Waals surface area (Å²) >= 11 is 1.06. The van der Waals surface area contributed by atoms with Gasteiger partial charge in [-0.3, -0.25) is 14.3 Å². The molecule has 9 heteroatoms. The Kier molecular flexibility index (Phi) is 6.61. The first-order chi connectivity index (χ1) is 14.4. The Hall–Kier alpha value is -3.07. The number of ether oxygens (including phenoxy) is 3. The molecule has 0 atom stereocenters. The average molecular weight is 432 g/mol. The van der Waals surface area contributed by atoms with E-state index in [9.17, 15) is 14.4 Å². The lowest BCUT2D eigenvalue weighted by Gasteiger charge is -2.11. The molecule has 30 heavy (non-hydrogen) atoms. The van der Waals surface area contributed by atoms with Gasteiger partial charge in [-0.1, -0.05) is 13.3 Å². The van der Waals surface area contributed by atoms with Gasteiger partial charge in [-0.2, -0.15) is 0 Å². The summed E-state index contributed by atoms with van der Waals surface area (Å²) in [7, 11) is 3.05. The lowest BCUT2D eigenvalue weighted by atomic mass is 10.1. The first-order valence-electron chi connectivity index (χ1n) is 9.55. The van der Waals surface area contributed by atoms with Crippen molar-refractivity contribution in [2.45, 2.75) is 33.2 Å². The summed E-state index contributed by atoms with van der Waals surface area (Å²) in [5, 5.41) is 0.314. The van der Waals surface area contributed by atoms with Crippen molar-refractivity contribution in [2.24, 2.45) is 0 Å². The van der Waals surface area contributed by atoms with Crippen molar-refractivity contribution < 1.29 is 19.0 Å². The summed E-state index contributed by atoms with van der Waals surface area (Å²) < 4.78 is 16.9. The van der Waals surface area contributed by atoms with E-state index >= 15 is 0 Å². The highest BCUT2D eigenvalue weighted by Crippen LogP contribution is 2.28. The molecular weight excluding hydrogens is 408 g/mol. The number of aryl methyl sites for hydroxylation is 1. The number of esters is 1. The minimum Gasteiger partial charge on any atom is -0.497 e. The van der Waals surface area contributed by atoms with E-state index in [1.165, 1.54) is 7.11 Å². The van der Waals surface area contributed by atoms with Crippen LogP contribution < -0.4 is 20.7 Å². The van der Waals surface area contributed by atoms with Crippen LogP contribution in [0.15, 0.2) is 27.8 Å². The van der Waals surface area contributed by atoms with Gasteiger partial charge >= 0.3 is 11.7 Å². The van der Waals surface area contributed by atoms with Crippen LogP contribution in [-0.4, -0.2) is 36.3 Å². The van der Waals surface area contributed by atoms with E-state index in [-0.39, 0.29) is 6.54 Å². The smallest absolute Gasteiger partial charge is 0.348 e. The fraction of sp³-hybridized carbons (Fsp3) is 0.381. The number of hydrogen-bond donors (Lipinski definition) is 1. The zero-order chi connectivity index (χ0) is 21.8. The van der Waals surface area contributed by atoms with E-state index in [1.807, 2.05) is 6.92 Å². The molecule has 160 valence electrons. The SMILES string of the molecule is CCCCOC(=O)c1sc2[nH]c(=O)n(Cc3ccc(OC)cc3OC)c(=O)c2c1C. The van der Waals surface area contributed by atoms with Crippen molar-refractivity contribution in [1.82, 2.24) is 9.55 Å². The Balaban J connectivity index is 2.04. The van der Waals surface area contributed by atoms with Crippen molar-refractivity contribution >= 4 is 27.5 Å². The second-order valence-electron chi connectivity index (χ2n) is 6.75. The molecule has 1 aromatic carbocycles. The van der Waals surface area contributed by atoms with Gasteiger partial charge in [0.05, 0.1) is 32.8 Å². The van der Waals surface area contributed by atoms with Crippen LogP contribution in [0.3, 0.4) is 0 Å². The molecule has 0 bridgehead atoms. The van der Waals surface area contributed by atoms with Crippen LogP contribution in [0.2, 0.25) is 0 Å². The normalized spacial score (nSPS) is 10.9. The van der Waals surface area contributed by atoms with Gasteiger partial charge in [-0.05, 0) is 31.0 Å². The van der Waals surface area contributed by atoms with Crippen LogP contribution >= 0.6 is 11.3 Å². The maximum atomic E-state index is 13.1. The second kappa shape index (κ2) is 9.17. The quantitative estimate of drug-likeness (QED) is 0.434. The Morgan fingerprint density at radius 2 is 1.97 bits per heavy atom. The zero-order valence-corrected chi connectivity index (χ0v) is 18.2. The van der Waals surface area contributed by atoms with Gasteiger partial charge < -0.3 is 14.2 Å². The predicted molar refractivity (Wildman–Crippen MR) is 115 cm³/mol. The van der Waals surface area contributed by atoms with Gasteiger partial charge in [0.2, 0.25) is 0 Å². The van der Waals surface area contributed by atoms with Crippen LogP contribution in [0, 0.1) is 6.92 Å². The summed E-state index contributed by atoms with van der Waals surface area (Å²) in [6.07, 6.45) is 1.68. The van der Waals surface area contributed by atoms with E-state index in [4.69, 9.17) is 14.2 Å². The third-order valence-electron chi connectivity index (χ3n) is 4.81. The molecule has 1 N–H and O–H groups in total. The monoisotopic (exact) mass is 432 g/mol. The summed E-state index contributed by atoms with van der Waals surface area (Å²) in [5.74, 6) is 0.626. The Morgan fingerprint density at radius 1 is 1.20 bits per heavy atom. The van der Waals surface area contributed by atoms with Gasteiger partial charge in [0.1, 0.15) is 21.2 Å². The number of carbonyl (C=O) groups is 1. The highest BCUT2D eigenvalue weighted by atomic mass is 32.1. The maximum absolute atomic E-state index is 13.1. The standard InChI is InChI=1S/C21H24N2O6S/c1-5-6-9-29-20(25)17-12(2)16-18(30-17)22-21(26)23(19(16)24)11-13-7-8-14(27-3)10-15(13)28-4/h7-8,10H,5-6,9,11H2,1-4H3,(H,22,26). The van der Waals surface area contributed by atoms with Gasteiger partial charge in [-0.15, -0.1) is 11.3 Å². The number of nitrogens with one attached hydrogen (secondary N) is 1. The Morgan fingerprint density at radius 3 is 2.63 bits per heavy atom. The number of carbonyl (C=O) groups excluding carboxylic acids is 1. The number of aromatic amines is 1. The maximum Gasteiger partial charge on any atom is 0.348 e. The van der Waals surface area contributed by atoms with E-state index in [2.05, 4.69) is 4.98 Å². The molecule has 0 aliphatic rings. The summed E-state index contributed by atoms with van der Waals surface area (Å²) in [6, 6.07) is 5.16. The highest BCUT2D eigenvalue weighted by molar-refractivity contribution is 7.20. The molecule has 2 aromatic heterocycles. The number of methoxy groups -OCH3 is 2. The topological polar surface area (TPSA) is 99.6 Å². The van der Waals surface area contributed by atoms with Crippen molar-refractivity contribution in [2.75, 3.05) is 20.8 Å². The molecule has 0 aliphatic heterocycles. The molecule has 0 saturated heterocycles.